The van der Waals surface area contributed by atoms with E-state index in [9.17, 15) is 15.2 Å². The first-order valence-corrected chi connectivity index (χ1v) is 6.67. The van der Waals surface area contributed by atoms with E-state index in [0.717, 1.165) is 18.7 Å². The zero-order valence-electron chi connectivity index (χ0n) is 11.4. The summed E-state index contributed by atoms with van der Waals surface area (Å²) < 4.78 is 0. The van der Waals surface area contributed by atoms with Crippen LogP contribution in [0.1, 0.15) is 32.3 Å². The molecule has 1 aromatic rings. The fourth-order valence-corrected chi connectivity index (χ4v) is 2.70. The lowest BCUT2D eigenvalue weighted by atomic mass is 9.94. The maximum atomic E-state index is 10.9. The standard InChI is InChI=1S/C14H20N2O3/c1-10-3-4-11(2)15(8-10)13-5-6-14(16(18)19)12(7-13)9-17/h5-7,10-11,17H,3-4,8-9H2,1-2H3. The van der Waals surface area contributed by atoms with Gasteiger partial charge in [0.1, 0.15) is 0 Å². The highest BCUT2D eigenvalue weighted by Crippen LogP contribution is 2.31. The number of hydrogen-bond donors (Lipinski definition) is 1. The molecule has 0 aromatic heterocycles. The zero-order valence-corrected chi connectivity index (χ0v) is 11.4. The predicted octanol–water partition coefficient (Wildman–Crippen LogP) is 2.71. The topological polar surface area (TPSA) is 66.6 Å². The summed E-state index contributed by atoms with van der Waals surface area (Å²) in [4.78, 5) is 12.7. The molecule has 1 saturated heterocycles. The third-order valence-electron chi connectivity index (χ3n) is 3.88. The molecule has 19 heavy (non-hydrogen) atoms. The molecule has 0 spiro atoms. The SMILES string of the molecule is CC1CCC(C)N(c2ccc([N+](=O)[O-])c(CO)c2)C1. The number of nitro benzene ring substituents is 1. The molecule has 1 fully saturated rings. The highest BCUT2D eigenvalue weighted by atomic mass is 16.6. The van der Waals surface area contributed by atoms with Crippen LogP contribution in [0, 0.1) is 16.0 Å². The summed E-state index contributed by atoms with van der Waals surface area (Å²) in [6.45, 7) is 5.05. The zero-order chi connectivity index (χ0) is 14.0. The van der Waals surface area contributed by atoms with Gasteiger partial charge in [-0.15, -0.1) is 0 Å². The van der Waals surface area contributed by atoms with Crippen molar-refractivity contribution in [2.45, 2.75) is 39.3 Å². The predicted molar refractivity (Wildman–Crippen MR) is 74.2 cm³/mol. The number of piperidine rings is 1. The van der Waals surface area contributed by atoms with E-state index in [1.54, 1.807) is 12.1 Å². The molecule has 1 N–H and O–H groups in total. The lowest BCUT2D eigenvalue weighted by Gasteiger charge is -2.38. The molecule has 2 atom stereocenters. The van der Waals surface area contributed by atoms with Gasteiger partial charge in [0.2, 0.25) is 0 Å². The van der Waals surface area contributed by atoms with Crippen molar-refractivity contribution >= 4 is 11.4 Å². The van der Waals surface area contributed by atoms with Gasteiger partial charge in [-0.2, -0.15) is 0 Å². The van der Waals surface area contributed by atoms with E-state index in [2.05, 4.69) is 18.7 Å². The van der Waals surface area contributed by atoms with E-state index < -0.39 is 4.92 Å². The highest BCUT2D eigenvalue weighted by molar-refractivity contribution is 5.56. The number of hydrogen-bond acceptors (Lipinski definition) is 4. The summed E-state index contributed by atoms with van der Waals surface area (Å²) in [5.74, 6) is 0.629. The molecule has 5 heteroatoms. The fraction of sp³-hybridized carbons (Fsp3) is 0.571. The first-order chi connectivity index (χ1) is 9.02. The quantitative estimate of drug-likeness (QED) is 0.673. The molecule has 104 valence electrons. The van der Waals surface area contributed by atoms with Crippen molar-refractivity contribution in [2.24, 2.45) is 5.92 Å². The molecule has 0 bridgehead atoms. The lowest BCUT2D eigenvalue weighted by molar-refractivity contribution is -0.385. The van der Waals surface area contributed by atoms with Gasteiger partial charge in [-0.25, -0.2) is 0 Å². The molecule has 2 rings (SSSR count). The number of nitro groups is 1. The number of nitrogens with zero attached hydrogens (tertiary/aromatic N) is 2. The van der Waals surface area contributed by atoms with Crippen molar-refractivity contribution in [1.82, 2.24) is 0 Å². The van der Waals surface area contributed by atoms with E-state index in [4.69, 9.17) is 0 Å². The van der Waals surface area contributed by atoms with E-state index >= 15 is 0 Å². The van der Waals surface area contributed by atoms with Crippen LogP contribution in [0.25, 0.3) is 0 Å². The molecule has 0 radical (unpaired) electrons. The van der Waals surface area contributed by atoms with Crippen molar-refractivity contribution in [3.63, 3.8) is 0 Å². The molecule has 5 nitrogen and oxygen atoms in total. The van der Waals surface area contributed by atoms with Gasteiger partial charge in [0.15, 0.2) is 0 Å². The van der Waals surface area contributed by atoms with E-state index in [1.807, 2.05) is 0 Å². The number of rotatable bonds is 3. The van der Waals surface area contributed by atoms with Crippen molar-refractivity contribution in [1.29, 1.82) is 0 Å². The Balaban J connectivity index is 2.32. The van der Waals surface area contributed by atoms with Crippen LogP contribution < -0.4 is 4.90 Å². The molecule has 1 heterocycles. The summed E-state index contributed by atoms with van der Waals surface area (Å²) in [7, 11) is 0. The second-order valence-corrected chi connectivity index (χ2v) is 5.41. The third kappa shape index (κ3) is 2.87. The Kier molecular flexibility index (Phi) is 4.04. The first-order valence-electron chi connectivity index (χ1n) is 6.67. The van der Waals surface area contributed by atoms with Crippen molar-refractivity contribution < 1.29 is 10.0 Å². The Morgan fingerprint density at radius 3 is 2.79 bits per heavy atom. The summed E-state index contributed by atoms with van der Waals surface area (Å²) in [6.07, 6.45) is 2.35. The molecule has 1 aliphatic heterocycles. The van der Waals surface area contributed by atoms with E-state index in [0.29, 0.717) is 17.5 Å². The van der Waals surface area contributed by atoms with Crippen LogP contribution in [0.15, 0.2) is 18.2 Å². The van der Waals surface area contributed by atoms with Crippen LogP contribution in [0.4, 0.5) is 11.4 Å². The average Bonchev–Trinajstić information content (AvgIpc) is 2.40. The van der Waals surface area contributed by atoms with Crippen LogP contribution in [0.2, 0.25) is 0 Å². The molecule has 1 aromatic carbocycles. The van der Waals surface area contributed by atoms with E-state index in [-0.39, 0.29) is 12.3 Å². The smallest absolute Gasteiger partial charge is 0.275 e. The third-order valence-corrected chi connectivity index (χ3v) is 3.88. The molecular weight excluding hydrogens is 244 g/mol. The van der Waals surface area contributed by atoms with Gasteiger partial charge in [-0.3, -0.25) is 10.1 Å². The van der Waals surface area contributed by atoms with Gasteiger partial charge in [-0.05, 0) is 37.8 Å². The van der Waals surface area contributed by atoms with Crippen LogP contribution >= 0.6 is 0 Å². The lowest BCUT2D eigenvalue weighted by Crippen LogP contribution is -2.41. The van der Waals surface area contributed by atoms with Gasteiger partial charge >= 0.3 is 0 Å². The molecule has 0 amide bonds. The second kappa shape index (κ2) is 5.57. The fourth-order valence-electron chi connectivity index (χ4n) is 2.70. The Bertz CT molecular complexity index is 476. The largest absolute Gasteiger partial charge is 0.391 e. The van der Waals surface area contributed by atoms with Gasteiger partial charge in [0.25, 0.3) is 5.69 Å². The van der Waals surface area contributed by atoms with Crippen LogP contribution in [0.5, 0.6) is 0 Å². The minimum absolute atomic E-state index is 0.0102. The number of anilines is 1. The van der Waals surface area contributed by atoms with Crippen LogP contribution in [-0.2, 0) is 6.61 Å². The van der Waals surface area contributed by atoms with E-state index in [1.165, 1.54) is 12.5 Å². The van der Waals surface area contributed by atoms with Crippen molar-refractivity contribution in [3.8, 4) is 0 Å². The Morgan fingerprint density at radius 2 is 2.16 bits per heavy atom. The first kappa shape index (κ1) is 13.8. The second-order valence-electron chi connectivity index (χ2n) is 5.41. The number of aliphatic hydroxyl groups is 1. The van der Waals surface area contributed by atoms with Gasteiger partial charge in [-0.1, -0.05) is 6.92 Å². The summed E-state index contributed by atoms with van der Waals surface area (Å²) in [5.41, 5.74) is 1.34. The Labute approximate surface area is 113 Å². The van der Waals surface area contributed by atoms with Gasteiger partial charge < -0.3 is 10.0 Å². The maximum Gasteiger partial charge on any atom is 0.275 e. The normalized spacial score (nSPS) is 23.4. The monoisotopic (exact) mass is 264 g/mol. The molecule has 0 aliphatic carbocycles. The number of aliphatic hydroxyl groups excluding tert-OH is 1. The van der Waals surface area contributed by atoms with Gasteiger partial charge in [0, 0.05) is 24.3 Å². The highest BCUT2D eigenvalue weighted by Gasteiger charge is 2.24. The summed E-state index contributed by atoms with van der Waals surface area (Å²) in [5, 5.41) is 20.2. The van der Waals surface area contributed by atoms with Gasteiger partial charge in [0.05, 0.1) is 17.1 Å². The molecule has 0 saturated carbocycles. The summed E-state index contributed by atoms with van der Waals surface area (Å²) >= 11 is 0. The van der Waals surface area contributed by atoms with Crippen LogP contribution in [0.3, 0.4) is 0 Å². The van der Waals surface area contributed by atoms with Crippen molar-refractivity contribution in [2.75, 3.05) is 11.4 Å². The van der Waals surface area contributed by atoms with Crippen molar-refractivity contribution in [3.05, 3.63) is 33.9 Å². The molecule has 2 unspecified atom stereocenters. The minimum Gasteiger partial charge on any atom is -0.391 e. The average molecular weight is 264 g/mol. The Morgan fingerprint density at radius 1 is 1.42 bits per heavy atom. The maximum absolute atomic E-state index is 10.9. The molecule has 1 aliphatic rings. The molecular formula is C14H20N2O3. The minimum atomic E-state index is -0.447. The van der Waals surface area contributed by atoms with Crippen LogP contribution in [-0.4, -0.2) is 22.6 Å². The Hall–Kier alpha value is -1.62. The summed E-state index contributed by atoms with van der Waals surface area (Å²) in [6, 6.07) is 5.45. The number of benzene rings is 1.